The summed E-state index contributed by atoms with van der Waals surface area (Å²) >= 11 is 6.03. The van der Waals surface area contributed by atoms with Crippen LogP contribution in [0.25, 0.3) is 0 Å². The summed E-state index contributed by atoms with van der Waals surface area (Å²) in [5, 5.41) is 3.26. The second kappa shape index (κ2) is 11.1. The van der Waals surface area contributed by atoms with Crippen LogP contribution in [0.2, 0.25) is 5.02 Å². The van der Waals surface area contributed by atoms with Gasteiger partial charge in [0.2, 0.25) is 5.91 Å². The molecule has 0 aliphatic heterocycles. The van der Waals surface area contributed by atoms with Gasteiger partial charge in [0.1, 0.15) is 17.3 Å². The van der Waals surface area contributed by atoms with E-state index in [4.69, 9.17) is 22.1 Å². The van der Waals surface area contributed by atoms with E-state index in [0.29, 0.717) is 29.5 Å². The third kappa shape index (κ3) is 6.53. The van der Waals surface area contributed by atoms with Crippen molar-refractivity contribution in [3.63, 3.8) is 0 Å². The molecule has 9 nitrogen and oxygen atoms in total. The van der Waals surface area contributed by atoms with Crippen molar-refractivity contribution in [2.75, 3.05) is 36.1 Å². The van der Waals surface area contributed by atoms with E-state index in [1.54, 1.807) is 23.1 Å². The normalized spacial score (nSPS) is 11.1. The van der Waals surface area contributed by atoms with Gasteiger partial charge in [-0.25, -0.2) is 4.79 Å². The highest BCUT2D eigenvalue weighted by Gasteiger charge is 2.21. The minimum absolute atomic E-state index is 0.0879. The molecule has 2 aromatic rings. The van der Waals surface area contributed by atoms with Crippen LogP contribution in [0.4, 0.5) is 17.2 Å². The average molecular weight is 466 g/mol. The van der Waals surface area contributed by atoms with Crippen molar-refractivity contribution in [1.82, 2.24) is 9.55 Å². The summed E-state index contributed by atoms with van der Waals surface area (Å²) < 4.78 is 6.62. The van der Waals surface area contributed by atoms with Gasteiger partial charge in [-0.15, -0.1) is 0 Å². The first-order valence-corrected chi connectivity index (χ1v) is 10.9. The van der Waals surface area contributed by atoms with Crippen molar-refractivity contribution in [3.05, 3.63) is 44.1 Å². The number of nitrogens with zero attached hydrogens (tertiary/aromatic N) is 2. The first kappa shape index (κ1) is 25.3. The molecule has 0 atom stereocenters. The van der Waals surface area contributed by atoms with E-state index in [-0.39, 0.29) is 42.2 Å². The van der Waals surface area contributed by atoms with Crippen LogP contribution in [0.3, 0.4) is 0 Å². The fraction of sp³-hybridized carbons (Fsp3) is 0.500. The van der Waals surface area contributed by atoms with Gasteiger partial charge in [-0.2, -0.15) is 0 Å². The fourth-order valence-corrected chi connectivity index (χ4v) is 3.56. The number of aromatic nitrogens is 2. The largest absolute Gasteiger partial charge is 0.495 e. The Hall–Kier alpha value is -2.94. The maximum Gasteiger partial charge on any atom is 0.330 e. The predicted molar refractivity (Wildman–Crippen MR) is 129 cm³/mol. The van der Waals surface area contributed by atoms with Gasteiger partial charge >= 0.3 is 5.69 Å². The number of carbonyl (C=O) groups excluding carboxylic acids is 1. The lowest BCUT2D eigenvalue weighted by Crippen LogP contribution is -2.41. The van der Waals surface area contributed by atoms with Crippen LogP contribution in [0, 0.1) is 11.8 Å². The number of amides is 1. The Labute approximate surface area is 192 Å². The van der Waals surface area contributed by atoms with Crippen molar-refractivity contribution in [3.8, 4) is 5.75 Å². The molecule has 4 N–H and O–H groups in total. The number of anilines is 3. The van der Waals surface area contributed by atoms with Gasteiger partial charge < -0.3 is 20.7 Å². The molecule has 32 heavy (non-hydrogen) atoms. The fourth-order valence-electron chi connectivity index (χ4n) is 3.39. The topological polar surface area (TPSA) is 122 Å². The van der Waals surface area contributed by atoms with Crippen LogP contribution in [0.1, 0.15) is 34.1 Å². The molecule has 2 rings (SSSR count). The molecule has 1 aromatic heterocycles. The van der Waals surface area contributed by atoms with Crippen molar-refractivity contribution < 1.29 is 9.53 Å². The summed E-state index contributed by atoms with van der Waals surface area (Å²) in [6.45, 7) is 9.00. The van der Waals surface area contributed by atoms with Gasteiger partial charge in [0.15, 0.2) is 0 Å². The average Bonchev–Trinajstić information content (AvgIpc) is 2.68. The summed E-state index contributed by atoms with van der Waals surface area (Å²) in [5.74, 6) is 0.666. The highest BCUT2D eigenvalue weighted by Crippen LogP contribution is 2.28. The van der Waals surface area contributed by atoms with Gasteiger partial charge in [0.25, 0.3) is 5.56 Å². The molecule has 0 unspecified atom stereocenters. The van der Waals surface area contributed by atoms with Gasteiger partial charge in [-0.1, -0.05) is 39.3 Å². The van der Waals surface area contributed by atoms with Crippen LogP contribution < -0.4 is 31.9 Å². The Balaban J connectivity index is 2.29. The highest BCUT2D eigenvalue weighted by molar-refractivity contribution is 6.31. The molecule has 1 heterocycles. The number of hydrogen-bond donors (Lipinski definition) is 3. The number of hydrogen-bond acceptors (Lipinski definition) is 6. The number of rotatable bonds is 10. The van der Waals surface area contributed by atoms with E-state index >= 15 is 0 Å². The van der Waals surface area contributed by atoms with Crippen LogP contribution >= 0.6 is 11.6 Å². The number of H-pyrrole nitrogens is 1. The zero-order valence-electron chi connectivity index (χ0n) is 19.2. The summed E-state index contributed by atoms with van der Waals surface area (Å²) in [6.07, 6.45) is 0.0879. The predicted octanol–water partition coefficient (Wildman–Crippen LogP) is 2.93. The zero-order chi connectivity index (χ0) is 24.0. The van der Waals surface area contributed by atoms with E-state index < -0.39 is 11.2 Å². The molecule has 0 saturated heterocycles. The standard InChI is InChI=1S/C22H32ClN5O4/c1-13(2)11-27(19-20(24)28(12-14(3)4)22(31)26-21(19)30)9-8-18(29)25-16-10-15(23)6-7-17(16)32-5/h6-7,10,13-14H,8-9,11-12,24H2,1-5H3,(H,25,29)(H,26,30,31). The Morgan fingerprint density at radius 1 is 1.25 bits per heavy atom. The second-order valence-corrected chi connectivity index (χ2v) is 8.92. The van der Waals surface area contributed by atoms with Gasteiger partial charge in [-0.05, 0) is 30.0 Å². The molecule has 1 amide bonds. The Morgan fingerprint density at radius 2 is 1.94 bits per heavy atom. The number of methoxy groups -OCH3 is 1. The summed E-state index contributed by atoms with van der Waals surface area (Å²) in [4.78, 5) is 41.7. The zero-order valence-corrected chi connectivity index (χ0v) is 20.0. The maximum absolute atomic E-state index is 12.7. The van der Waals surface area contributed by atoms with Crippen molar-refractivity contribution in [2.24, 2.45) is 11.8 Å². The highest BCUT2D eigenvalue weighted by atomic mass is 35.5. The number of nitrogen functional groups attached to an aromatic ring is 1. The lowest BCUT2D eigenvalue weighted by atomic mass is 10.1. The number of carbonyl (C=O) groups is 1. The number of halogens is 1. The summed E-state index contributed by atoms with van der Waals surface area (Å²) in [6, 6.07) is 4.94. The molecule has 0 spiro atoms. The number of nitrogens with two attached hydrogens (primary N) is 1. The Morgan fingerprint density at radius 3 is 2.53 bits per heavy atom. The summed E-state index contributed by atoms with van der Waals surface area (Å²) in [5.41, 5.74) is 5.82. The number of ether oxygens (including phenoxy) is 1. The van der Waals surface area contributed by atoms with Crippen molar-refractivity contribution >= 4 is 34.7 Å². The monoisotopic (exact) mass is 465 g/mol. The van der Waals surface area contributed by atoms with Crippen molar-refractivity contribution in [2.45, 2.75) is 40.7 Å². The van der Waals surface area contributed by atoms with E-state index in [2.05, 4.69) is 10.3 Å². The van der Waals surface area contributed by atoms with Gasteiger partial charge in [0.05, 0.1) is 12.8 Å². The van der Waals surface area contributed by atoms with Crippen LogP contribution in [0.15, 0.2) is 27.8 Å². The molecule has 0 aliphatic rings. The number of aromatic amines is 1. The summed E-state index contributed by atoms with van der Waals surface area (Å²) in [7, 11) is 1.50. The molecule has 0 saturated carbocycles. The lowest BCUT2D eigenvalue weighted by Gasteiger charge is -2.28. The van der Waals surface area contributed by atoms with E-state index in [1.165, 1.54) is 11.7 Å². The Kier molecular flexibility index (Phi) is 8.77. The molecule has 0 aliphatic carbocycles. The molecule has 176 valence electrons. The maximum atomic E-state index is 12.7. The van der Waals surface area contributed by atoms with E-state index in [1.807, 2.05) is 27.7 Å². The molecule has 0 fully saturated rings. The first-order valence-electron chi connectivity index (χ1n) is 10.5. The third-order valence-corrected chi connectivity index (χ3v) is 4.94. The first-order chi connectivity index (χ1) is 15.0. The number of nitrogens with one attached hydrogen (secondary N) is 2. The van der Waals surface area contributed by atoms with Crippen LogP contribution in [-0.4, -0.2) is 35.7 Å². The SMILES string of the molecule is COc1ccc(Cl)cc1NC(=O)CCN(CC(C)C)c1c(N)n(CC(C)C)c(=O)[nH]c1=O. The Bertz CT molecular complexity index is 1060. The van der Waals surface area contributed by atoms with Gasteiger partial charge in [-0.3, -0.25) is 19.1 Å². The second-order valence-electron chi connectivity index (χ2n) is 8.48. The minimum Gasteiger partial charge on any atom is -0.495 e. The number of benzene rings is 1. The lowest BCUT2D eigenvalue weighted by molar-refractivity contribution is -0.116. The van der Waals surface area contributed by atoms with E-state index in [0.717, 1.165) is 0 Å². The van der Waals surface area contributed by atoms with E-state index in [9.17, 15) is 14.4 Å². The minimum atomic E-state index is -0.565. The molecular weight excluding hydrogens is 434 g/mol. The molecule has 10 heteroatoms. The van der Waals surface area contributed by atoms with Crippen LogP contribution in [0.5, 0.6) is 5.75 Å². The smallest absolute Gasteiger partial charge is 0.330 e. The molecule has 0 radical (unpaired) electrons. The molecular formula is C22H32ClN5O4. The molecule has 1 aromatic carbocycles. The quantitative estimate of drug-likeness (QED) is 0.495. The van der Waals surface area contributed by atoms with Crippen LogP contribution in [-0.2, 0) is 11.3 Å². The van der Waals surface area contributed by atoms with Crippen molar-refractivity contribution in [1.29, 1.82) is 0 Å². The molecule has 0 bridgehead atoms. The van der Waals surface area contributed by atoms with Gasteiger partial charge in [0, 0.05) is 31.1 Å². The third-order valence-electron chi connectivity index (χ3n) is 4.71.